The lowest BCUT2D eigenvalue weighted by Gasteiger charge is -2.11. The van der Waals surface area contributed by atoms with E-state index in [9.17, 15) is 4.79 Å². The zero-order valence-electron chi connectivity index (χ0n) is 15.5. The van der Waals surface area contributed by atoms with Crippen LogP contribution in [0.3, 0.4) is 0 Å². The molecular formula is C21H20ClN3O3. The number of methoxy groups -OCH3 is 2. The predicted octanol–water partition coefficient (Wildman–Crippen LogP) is 4.62. The van der Waals surface area contributed by atoms with E-state index in [1.165, 1.54) is 0 Å². The number of aromatic nitrogens is 1. The van der Waals surface area contributed by atoms with Crippen LogP contribution in [-0.4, -0.2) is 25.1 Å². The molecule has 0 spiro atoms. The molecule has 2 aromatic carbocycles. The smallest absolute Gasteiger partial charge is 0.274 e. The van der Waals surface area contributed by atoms with Crippen LogP contribution in [0.25, 0.3) is 0 Å². The number of anilines is 2. The summed E-state index contributed by atoms with van der Waals surface area (Å²) in [7, 11) is 3.10. The van der Waals surface area contributed by atoms with Gasteiger partial charge in [-0.3, -0.25) is 9.78 Å². The van der Waals surface area contributed by atoms with Crippen molar-refractivity contribution in [1.29, 1.82) is 0 Å². The van der Waals surface area contributed by atoms with Crippen LogP contribution >= 0.6 is 11.6 Å². The number of hydrogen-bond donors (Lipinski definition) is 2. The Hall–Kier alpha value is -3.25. The van der Waals surface area contributed by atoms with Crippen LogP contribution < -0.4 is 20.1 Å². The number of amides is 1. The summed E-state index contributed by atoms with van der Waals surface area (Å²) in [6.45, 7) is 0.609. The third kappa shape index (κ3) is 4.92. The van der Waals surface area contributed by atoms with E-state index in [0.717, 1.165) is 11.3 Å². The van der Waals surface area contributed by atoms with Crippen molar-refractivity contribution in [2.45, 2.75) is 6.54 Å². The van der Waals surface area contributed by atoms with E-state index in [1.54, 1.807) is 44.7 Å². The number of ether oxygens (including phenoxy) is 2. The summed E-state index contributed by atoms with van der Waals surface area (Å²) in [5, 5.41) is 6.78. The normalized spacial score (nSPS) is 10.2. The van der Waals surface area contributed by atoms with Crippen LogP contribution in [0.5, 0.6) is 11.5 Å². The van der Waals surface area contributed by atoms with E-state index in [0.29, 0.717) is 34.4 Å². The number of benzene rings is 2. The molecule has 0 unspecified atom stereocenters. The van der Waals surface area contributed by atoms with Crippen molar-refractivity contribution in [1.82, 2.24) is 4.98 Å². The second-order valence-electron chi connectivity index (χ2n) is 5.93. The average molecular weight is 398 g/mol. The molecule has 28 heavy (non-hydrogen) atoms. The fourth-order valence-corrected chi connectivity index (χ4v) is 2.71. The monoisotopic (exact) mass is 397 g/mol. The van der Waals surface area contributed by atoms with Gasteiger partial charge < -0.3 is 20.1 Å². The topological polar surface area (TPSA) is 72.5 Å². The first kappa shape index (κ1) is 19.5. The first-order chi connectivity index (χ1) is 13.6. The Morgan fingerprint density at radius 2 is 1.71 bits per heavy atom. The van der Waals surface area contributed by atoms with Crippen LogP contribution in [0.2, 0.25) is 5.02 Å². The van der Waals surface area contributed by atoms with Gasteiger partial charge in [0.1, 0.15) is 5.69 Å². The Balaban J connectivity index is 1.67. The number of carbonyl (C=O) groups is 1. The van der Waals surface area contributed by atoms with Crippen molar-refractivity contribution in [2.24, 2.45) is 0 Å². The molecule has 1 heterocycles. The van der Waals surface area contributed by atoms with Crippen molar-refractivity contribution in [3.63, 3.8) is 0 Å². The number of pyridine rings is 1. The largest absolute Gasteiger partial charge is 0.493 e. The third-order valence-electron chi connectivity index (χ3n) is 4.04. The van der Waals surface area contributed by atoms with E-state index in [1.807, 2.05) is 30.3 Å². The fourth-order valence-electron chi connectivity index (χ4n) is 2.58. The molecule has 0 bridgehead atoms. The molecule has 1 amide bonds. The molecule has 0 saturated heterocycles. The molecule has 0 aliphatic rings. The second-order valence-corrected chi connectivity index (χ2v) is 6.37. The number of halogens is 1. The van der Waals surface area contributed by atoms with Gasteiger partial charge in [-0.05, 0) is 42.0 Å². The summed E-state index contributed by atoms with van der Waals surface area (Å²) in [6.07, 6.45) is 1.59. The quantitative estimate of drug-likeness (QED) is 0.608. The molecule has 0 saturated carbocycles. The molecule has 0 aliphatic carbocycles. The first-order valence-corrected chi connectivity index (χ1v) is 8.94. The zero-order valence-corrected chi connectivity index (χ0v) is 16.3. The molecule has 0 atom stereocenters. The third-order valence-corrected chi connectivity index (χ3v) is 4.30. The molecular weight excluding hydrogens is 378 g/mol. The summed E-state index contributed by atoms with van der Waals surface area (Å²) in [5.74, 6) is 0.807. The van der Waals surface area contributed by atoms with Crippen molar-refractivity contribution in [3.05, 3.63) is 77.1 Å². The lowest BCUT2D eigenvalue weighted by Crippen LogP contribution is -2.14. The van der Waals surface area contributed by atoms with Gasteiger partial charge in [-0.1, -0.05) is 23.7 Å². The predicted molar refractivity (Wildman–Crippen MR) is 111 cm³/mol. The summed E-state index contributed by atoms with van der Waals surface area (Å²) in [6, 6.07) is 16.2. The minimum atomic E-state index is -0.317. The van der Waals surface area contributed by atoms with Crippen LogP contribution in [0.4, 0.5) is 11.4 Å². The minimum absolute atomic E-state index is 0.302. The Bertz CT molecular complexity index is 961. The van der Waals surface area contributed by atoms with Gasteiger partial charge >= 0.3 is 0 Å². The van der Waals surface area contributed by atoms with Crippen LogP contribution in [0, 0.1) is 0 Å². The first-order valence-electron chi connectivity index (χ1n) is 8.57. The highest BCUT2D eigenvalue weighted by Crippen LogP contribution is 2.29. The van der Waals surface area contributed by atoms with Crippen molar-refractivity contribution in [3.8, 4) is 11.5 Å². The van der Waals surface area contributed by atoms with Crippen LogP contribution in [-0.2, 0) is 6.54 Å². The van der Waals surface area contributed by atoms with E-state index >= 15 is 0 Å². The van der Waals surface area contributed by atoms with Gasteiger partial charge in [-0.2, -0.15) is 0 Å². The van der Waals surface area contributed by atoms with E-state index in [4.69, 9.17) is 21.1 Å². The van der Waals surface area contributed by atoms with Crippen molar-refractivity contribution in [2.75, 3.05) is 24.9 Å². The van der Waals surface area contributed by atoms with E-state index in [-0.39, 0.29) is 5.91 Å². The number of nitrogens with one attached hydrogen (secondary N) is 2. The minimum Gasteiger partial charge on any atom is -0.493 e. The molecule has 2 N–H and O–H groups in total. The number of carbonyl (C=O) groups excluding carboxylic acids is 1. The SMILES string of the molecule is COc1ccc(NC(=O)c2cc(NCc3ccc(Cl)cc3)ccn2)cc1OC. The van der Waals surface area contributed by atoms with Crippen LogP contribution in [0.15, 0.2) is 60.8 Å². The summed E-state index contributed by atoms with van der Waals surface area (Å²) < 4.78 is 10.5. The van der Waals surface area contributed by atoms with Gasteiger partial charge in [0.25, 0.3) is 5.91 Å². The van der Waals surface area contributed by atoms with Gasteiger partial charge in [0.15, 0.2) is 11.5 Å². The van der Waals surface area contributed by atoms with Gasteiger partial charge in [-0.25, -0.2) is 0 Å². The molecule has 0 radical (unpaired) electrons. The number of hydrogen-bond acceptors (Lipinski definition) is 5. The van der Waals surface area contributed by atoms with Crippen molar-refractivity contribution >= 4 is 28.9 Å². The fraction of sp³-hybridized carbons (Fsp3) is 0.143. The van der Waals surface area contributed by atoms with Gasteiger partial charge in [-0.15, -0.1) is 0 Å². The summed E-state index contributed by atoms with van der Waals surface area (Å²) >= 11 is 5.90. The van der Waals surface area contributed by atoms with Gasteiger partial charge in [0.2, 0.25) is 0 Å². The van der Waals surface area contributed by atoms with Crippen molar-refractivity contribution < 1.29 is 14.3 Å². The average Bonchev–Trinajstić information content (AvgIpc) is 2.73. The Labute approximate surface area is 168 Å². The molecule has 144 valence electrons. The van der Waals surface area contributed by atoms with E-state index < -0.39 is 0 Å². The molecule has 0 fully saturated rings. The maximum absolute atomic E-state index is 12.5. The molecule has 0 aliphatic heterocycles. The Morgan fingerprint density at radius 3 is 2.43 bits per heavy atom. The summed E-state index contributed by atoms with van der Waals surface area (Å²) in [4.78, 5) is 16.7. The Morgan fingerprint density at radius 1 is 0.964 bits per heavy atom. The highest BCUT2D eigenvalue weighted by molar-refractivity contribution is 6.30. The van der Waals surface area contributed by atoms with Gasteiger partial charge in [0, 0.05) is 35.2 Å². The number of rotatable bonds is 7. The molecule has 7 heteroatoms. The maximum atomic E-state index is 12.5. The summed E-state index contributed by atoms with van der Waals surface area (Å²) in [5.41, 5.74) is 2.76. The van der Waals surface area contributed by atoms with E-state index in [2.05, 4.69) is 15.6 Å². The lowest BCUT2D eigenvalue weighted by atomic mass is 10.2. The molecule has 6 nitrogen and oxygen atoms in total. The lowest BCUT2D eigenvalue weighted by molar-refractivity contribution is 0.102. The highest BCUT2D eigenvalue weighted by Gasteiger charge is 2.11. The number of nitrogens with zero attached hydrogens (tertiary/aromatic N) is 1. The Kier molecular flexibility index (Phi) is 6.34. The van der Waals surface area contributed by atoms with Gasteiger partial charge in [0.05, 0.1) is 14.2 Å². The molecule has 3 rings (SSSR count). The van der Waals surface area contributed by atoms with Crippen LogP contribution in [0.1, 0.15) is 16.1 Å². The standard InChI is InChI=1S/C21H20ClN3O3/c1-27-19-8-7-17(12-20(19)28-2)25-21(26)18-11-16(9-10-23-18)24-13-14-3-5-15(22)6-4-14/h3-12H,13H2,1-2H3,(H,23,24)(H,25,26). The molecule has 3 aromatic rings. The molecule has 1 aromatic heterocycles. The highest BCUT2D eigenvalue weighted by atomic mass is 35.5. The maximum Gasteiger partial charge on any atom is 0.274 e. The second kappa shape index (κ2) is 9.10. The zero-order chi connectivity index (χ0) is 19.9.